The van der Waals surface area contributed by atoms with Crippen LogP contribution < -0.4 is 10.9 Å². The fourth-order valence-corrected chi connectivity index (χ4v) is 3.85. The van der Waals surface area contributed by atoms with E-state index in [2.05, 4.69) is 60.2 Å². The number of unbranched alkanes of at least 4 members (excludes halogenated alkanes) is 7. The van der Waals surface area contributed by atoms with Crippen LogP contribution in [0.2, 0.25) is 0 Å². The van der Waals surface area contributed by atoms with E-state index >= 15 is 0 Å². The molecule has 2 aromatic carbocycles. The van der Waals surface area contributed by atoms with Crippen LogP contribution in [0.5, 0.6) is 0 Å². The highest BCUT2D eigenvalue weighted by Gasteiger charge is 2.17. The van der Waals surface area contributed by atoms with E-state index in [-0.39, 0.29) is 5.91 Å². The first-order valence-corrected chi connectivity index (χ1v) is 10.5. The first-order chi connectivity index (χ1) is 13.3. The van der Waals surface area contributed by atoms with Crippen LogP contribution >= 0.6 is 0 Å². The number of benzene rings is 2. The van der Waals surface area contributed by atoms with Gasteiger partial charge in [0.15, 0.2) is 0 Å². The molecular weight excluding hydrogens is 332 g/mol. The normalized spacial score (nSPS) is 15.6. The lowest BCUT2D eigenvalue weighted by Gasteiger charge is -2.11. The summed E-state index contributed by atoms with van der Waals surface area (Å²) >= 11 is 0. The second-order valence-electron chi connectivity index (χ2n) is 7.56. The number of aryl methyl sites for hydroxylation is 1. The lowest BCUT2D eigenvalue weighted by molar-refractivity contribution is -0.116. The molecule has 0 aromatic heterocycles. The molecule has 2 N–H and O–H groups in total. The molecule has 0 unspecified atom stereocenters. The summed E-state index contributed by atoms with van der Waals surface area (Å²) in [6.45, 7) is 2.85. The molecular formula is C24H32N2O. The lowest BCUT2D eigenvalue weighted by atomic mass is 9.93. The number of hydrogen-bond acceptors (Lipinski definition) is 2. The Labute approximate surface area is 163 Å². The van der Waals surface area contributed by atoms with Crippen LogP contribution in [0.1, 0.15) is 69.4 Å². The van der Waals surface area contributed by atoms with Crippen molar-refractivity contribution >= 4 is 22.8 Å². The fourth-order valence-electron chi connectivity index (χ4n) is 3.85. The summed E-state index contributed by atoms with van der Waals surface area (Å²) in [6.07, 6.45) is 13.8. The number of fused-ring (bicyclic) bond motifs is 1. The first kappa shape index (κ1) is 19.6. The van der Waals surface area contributed by atoms with Crippen molar-refractivity contribution in [3.05, 3.63) is 53.1 Å². The summed E-state index contributed by atoms with van der Waals surface area (Å²) in [4.78, 5) is 12.0. The average molecular weight is 365 g/mol. The molecule has 1 aliphatic heterocycles. The van der Waals surface area contributed by atoms with Crippen LogP contribution in [0, 0.1) is 0 Å². The van der Waals surface area contributed by atoms with E-state index in [1.165, 1.54) is 73.3 Å². The van der Waals surface area contributed by atoms with Crippen molar-refractivity contribution < 1.29 is 4.79 Å². The maximum atomic E-state index is 12.0. The van der Waals surface area contributed by atoms with Crippen LogP contribution in [0.15, 0.2) is 42.0 Å². The Balaban J connectivity index is 1.67. The van der Waals surface area contributed by atoms with Crippen LogP contribution in [0.25, 0.3) is 16.8 Å². The zero-order valence-electron chi connectivity index (χ0n) is 16.5. The summed E-state index contributed by atoms with van der Waals surface area (Å²) in [5.74, 6) is -0.0130. The van der Waals surface area contributed by atoms with Crippen molar-refractivity contribution in [3.8, 4) is 0 Å². The molecule has 0 atom stereocenters. The van der Waals surface area contributed by atoms with Crippen molar-refractivity contribution in [2.75, 3.05) is 6.54 Å². The third-order valence-corrected chi connectivity index (χ3v) is 5.45. The molecule has 1 saturated heterocycles. The molecule has 3 heteroatoms. The molecule has 144 valence electrons. The third-order valence-electron chi connectivity index (χ3n) is 5.45. The van der Waals surface area contributed by atoms with Crippen LogP contribution in [-0.4, -0.2) is 12.5 Å². The minimum atomic E-state index is -0.0130. The highest BCUT2D eigenvalue weighted by Crippen LogP contribution is 2.27. The van der Waals surface area contributed by atoms with Gasteiger partial charge in [-0.05, 0) is 40.8 Å². The topological polar surface area (TPSA) is 41.1 Å². The smallest absolute Gasteiger partial charge is 0.262 e. The predicted octanol–water partition coefficient (Wildman–Crippen LogP) is 5.54. The maximum Gasteiger partial charge on any atom is 0.262 e. The minimum absolute atomic E-state index is 0.0130. The third kappa shape index (κ3) is 5.43. The number of hydrogen-bond donors (Lipinski definition) is 2. The van der Waals surface area contributed by atoms with Gasteiger partial charge >= 0.3 is 0 Å². The summed E-state index contributed by atoms with van der Waals surface area (Å²) in [6, 6.07) is 12.9. The zero-order chi connectivity index (χ0) is 18.9. The van der Waals surface area contributed by atoms with E-state index in [9.17, 15) is 4.79 Å². The molecule has 0 aliphatic carbocycles. The summed E-state index contributed by atoms with van der Waals surface area (Å²) in [5.41, 5.74) is 8.98. The van der Waals surface area contributed by atoms with Crippen molar-refractivity contribution in [2.45, 2.75) is 64.7 Å². The van der Waals surface area contributed by atoms with Crippen LogP contribution in [0.3, 0.4) is 0 Å². The predicted molar refractivity (Wildman–Crippen MR) is 114 cm³/mol. The SMILES string of the molecule is CCCCCCCCCCc1ccc2ccccc2c1/C=C1\CNNC1=O. The molecule has 0 radical (unpaired) electrons. The van der Waals surface area contributed by atoms with Crippen molar-refractivity contribution in [3.63, 3.8) is 0 Å². The average Bonchev–Trinajstić information content (AvgIpc) is 3.10. The van der Waals surface area contributed by atoms with Gasteiger partial charge in [-0.25, -0.2) is 5.43 Å². The second kappa shape index (κ2) is 10.3. The van der Waals surface area contributed by atoms with Gasteiger partial charge in [0.1, 0.15) is 0 Å². The Morgan fingerprint density at radius 3 is 2.41 bits per heavy atom. The fraction of sp³-hybridized carbons (Fsp3) is 0.458. The van der Waals surface area contributed by atoms with Gasteiger partial charge in [-0.1, -0.05) is 88.3 Å². The molecule has 0 spiro atoms. The summed E-state index contributed by atoms with van der Waals surface area (Å²) in [7, 11) is 0. The molecule has 3 nitrogen and oxygen atoms in total. The molecule has 3 rings (SSSR count). The molecule has 0 bridgehead atoms. The highest BCUT2D eigenvalue weighted by atomic mass is 16.2. The van der Waals surface area contributed by atoms with Crippen molar-refractivity contribution in [2.24, 2.45) is 0 Å². The van der Waals surface area contributed by atoms with Gasteiger partial charge in [0.25, 0.3) is 5.91 Å². The second-order valence-corrected chi connectivity index (χ2v) is 7.56. The van der Waals surface area contributed by atoms with Crippen molar-refractivity contribution in [1.29, 1.82) is 0 Å². The van der Waals surface area contributed by atoms with Gasteiger partial charge < -0.3 is 0 Å². The van der Waals surface area contributed by atoms with Crippen LogP contribution in [0.4, 0.5) is 0 Å². The lowest BCUT2D eigenvalue weighted by Crippen LogP contribution is -2.25. The van der Waals surface area contributed by atoms with Gasteiger partial charge in [-0.3, -0.25) is 10.2 Å². The van der Waals surface area contributed by atoms with Gasteiger partial charge in [-0.2, -0.15) is 0 Å². The number of hydrazine groups is 1. The Morgan fingerprint density at radius 2 is 1.67 bits per heavy atom. The quantitative estimate of drug-likeness (QED) is 0.429. The van der Waals surface area contributed by atoms with E-state index in [4.69, 9.17) is 0 Å². The number of nitrogens with one attached hydrogen (secondary N) is 2. The van der Waals surface area contributed by atoms with E-state index < -0.39 is 0 Å². The van der Waals surface area contributed by atoms with E-state index in [0.29, 0.717) is 6.54 Å². The molecule has 1 heterocycles. The number of carbonyl (C=O) groups excluding carboxylic acids is 1. The monoisotopic (exact) mass is 364 g/mol. The largest absolute Gasteiger partial charge is 0.287 e. The summed E-state index contributed by atoms with van der Waals surface area (Å²) in [5, 5.41) is 2.47. The molecule has 1 aliphatic rings. The summed E-state index contributed by atoms with van der Waals surface area (Å²) < 4.78 is 0. The van der Waals surface area contributed by atoms with Gasteiger partial charge in [0, 0.05) is 12.1 Å². The Hall–Kier alpha value is -2.13. The standard InChI is InChI=1S/C24H32N2O/c1-2-3-4-5-6-7-8-9-12-20-16-15-19-13-10-11-14-22(19)23(20)17-21-18-25-26-24(21)27/h10-11,13-17,25H,2-9,12,18H2,1H3,(H,26,27)/b21-17+. The molecule has 27 heavy (non-hydrogen) atoms. The Kier molecular flexibility index (Phi) is 7.46. The minimum Gasteiger partial charge on any atom is -0.287 e. The highest BCUT2D eigenvalue weighted by molar-refractivity contribution is 6.03. The number of amides is 1. The molecule has 1 amide bonds. The van der Waals surface area contributed by atoms with E-state index in [0.717, 1.165) is 12.0 Å². The van der Waals surface area contributed by atoms with E-state index in [1.807, 2.05) is 0 Å². The van der Waals surface area contributed by atoms with Crippen molar-refractivity contribution in [1.82, 2.24) is 10.9 Å². The Bertz CT molecular complexity index is 794. The number of rotatable bonds is 10. The van der Waals surface area contributed by atoms with Gasteiger partial charge in [-0.15, -0.1) is 0 Å². The maximum absolute atomic E-state index is 12.0. The van der Waals surface area contributed by atoms with Gasteiger partial charge in [0.2, 0.25) is 0 Å². The Morgan fingerprint density at radius 1 is 0.926 bits per heavy atom. The number of carbonyl (C=O) groups is 1. The first-order valence-electron chi connectivity index (χ1n) is 10.5. The van der Waals surface area contributed by atoms with E-state index in [1.54, 1.807) is 0 Å². The van der Waals surface area contributed by atoms with Gasteiger partial charge in [0.05, 0.1) is 0 Å². The van der Waals surface area contributed by atoms with Crippen LogP contribution in [-0.2, 0) is 11.2 Å². The molecule has 1 fully saturated rings. The molecule has 2 aromatic rings. The molecule has 0 saturated carbocycles. The zero-order valence-corrected chi connectivity index (χ0v) is 16.5.